The number of pyridine rings is 1. The van der Waals surface area contributed by atoms with E-state index in [1.165, 1.54) is 24.4 Å². The number of aliphatic hydroxyl groups excluding tert-OH is 1. The average molecular weight is 508 g/mol. The Balaban J connectivity index is 1.76. The first-order valence-electron chi connectivity index (χ1n) is 9.62. The quantitative estimate of drug-likeness (QED) is 0.346. The van der Waals surface area contributed by atoms with E-state index in [2.05, 4.69) is 19.7 Å². The van der Waals surface area contributed by atoms with E-state index < -0.39 is 44.4 Å². The molecule has 4 N–H and O–H groups in total. The number of aromatic nitrogens is 3. The number of hydrogen-bond acceptors (Lipinski definition) is 8. The van der Waals surface area contributed by atoms with Crippen molar-refractivity contribution in [3.05, 3.63) is 65.4 Å². The van der Waals surface area contributed by atoms with Gasteiger partial charge in [-0.3, -0.25) is 4.72 Å². The van der Waals surface area contributed by atoms with E-state index in [1.54, 1.807) is 0 Å². The molecule has 0 saturated carbocycles. The Bertz CT molecular complexity index is 1500. The number of nitrogen functional groups attached to an aromatic ring is 1. The number of nitrogens with one attached hydrogen (secondary N) is 1. The highest BCUT2D eigenvalue weighted by Gasteiger charge is 2.25. The molecule has 0 saturated heterocycles. The molecule has 2 heterocycles. The van der Waals surface area contributed by atoms with Crippen LogP contribution in [0.3, 0.4) is 0 Å². The van der Waals surface area contributed by atoms with E-state index in [9.17, 15) is 12.8 Å². The Morgan fingerprint density at radius 3 is 2.68 bits per heavy atom. The van der Waals surface area contributed by atoms with Crippen molar-refractivity contribution in [3.8, 4) is 17.0 Å². The summed E-state index contributed by atoms with van der Waals surface area (Å²) in [6.07, 6.45) is 2.56. The van der Waals surface area contributed by atoms with Gasteiger partial charge >= 0.3 is 0 Å². The van der Waals surface area contributed by atoms with Crippen molar-refractivity contribution in [3.63, 3.8) is 0 Å². The molecule has 4 aromatic rings. The van der Waals surface area contributed by atoms with Gasteiger partial charge in [-0.1, -0.05) is 17.7 Å². The number of rotatable bonds is 7. The zero-order chi connectivity index (χ0) is 24.5. The summed E-state index contributed by atoms with van der Waals surface area (Å²) >= 11 is 5.87. The molecule has 34 heavy (non-hydrogen) atoms. The standard InChI is InChI=1S/C21H16ClF2N5O4S/c22-13-8-17(20(26-10-13)33-6-5-30)34(31,32)29-16-4-2-14(23)18(19(16)24)11-1-3-15-12(7-11)9-27-21(25)28-15/h1-4,7-10,29-30H,5-6H2,(H2,25,27,28). The second-order valence-electron chi connectivity index (χ2n) is 6.92. The fraction of sp³-hybridized carbons (Fsp3) is 0.0952. The molecule has 0 amide bonds. The highest BCUT2D eigenvalue weighted by atomic mass is 35.5. The molecule has 0 aliphatic heterocycles. The number of halogens is 3. The maximum absolute atomic E-state index is 15.4. The maximum Gasteiger partial charge on any atom is 0.267 e. The molecule has 13 heteroatoms. The molecule has 0 unspecified atom stereocenters. The second kappa shape index (κ2) is 9.33. The molecule has 0 fully saturated rings. The van der Waals surface area contributed by atoms with Gasteiger partial charge in [-0.15, -0.1) is 0 Å². The van der Waals surface area contributed by atoms with Crippen molar-refractivity contribution in [2.24, 2.45) is 0 Å². The Morgan fingerprint density at radius 1 is 1.12 bits per heavy atom. The van der Waals surface area contributed by atoms with Gasteiger partial charge in [0, 0.05) is 17.8 Å². The van der Waals surface area contributed by atoms with Gasteiger partial charge in [-0.2, -0.15) is 0 Å². The van der Waals surface area contributed by atoms with Gasteiger partial charge in [-0.05, 0) is 35.9 Å². The van der Waals surface area contributed by atoms with Crippen molar-refractivity contribution < 1.29 is 27.0 Å². The summed E-state index contributed by atoms with van der Waals surface area (Å²) in [5.41, 5.74) is 5.18. The van der Waals surface area contributed by atoms with E-state index in [0.29, 0.717) is 10.9 Å². The summed E-state index contributed by atoms with van der Waals surface area (Å²) in [6.45, 7) is -0.625. The van der Waals surface area contributed by atoms with Crippen LogP contribution in [0.4, 0.5) is 20.4 Å². The van der Waals surface area contributed by atoms with Crippen LogP contribution in [-0.2, 0) is 10.0 Å². The molecule has 4 rings (SSSR count). The summed E-state index contributed by atoms with van der Waals surface area (Å²) in [5, 5.41) is 9.41. The van der Waals surface area contributed by atoms with Crippen molar-refractivity contribution in [2.45, 2.75) is 4.90 Å². The maximum atomic E-state index is 15.4. The average Bonchev–Trinajstić information content (AvgIpc) is 2.80. The lowest BCUT2D eigenvalue weighted by Gasteiger charge is -2.15. The molecule has 0 aliphatic carbocycles. The van der Waals surface area contributed by atoms with E-state index in [-0.39, 0.29) is 29.0 Å². The predicted molar refractivity (Wildman–Crippen MR) is 122 cm³/mol. The topological polar surface area (TPSA) is 140 Å². The van der Waals surface area contributed by atoms with Gasteiger partial charge in [0.15, 0.2) is 10.7 Å². The minimum atomic E-state index is -4.47. The molecule has 0 aliphatic rings. The molecule has 0 bridgehead atoms. The number of ether oxygens (including phenoxy) is 1. The van der Waals surface area contributed by atoms with Crippen LogP contribution in [-0.4, -0.2) is 41.7 Å². The van der Waals surface area contributed by atoms with Gasteiger partial charge in [-0.25, -0.2) is 32.2 Å². The Kier molecular flexibility index (Phi) is 6.46. The normalized spacial score (nSPS) is 11.5. The summed E-state index contributed by atoms with van der Waals surface area (Å²) in [6, 6.07) is 7.33. The number of benzene rings is 2. The van der Waals surface area contributed by atoms with Crippen LogP contribution in [0.15, 0.2) is 53.7 Å². The van der Waals surface area contributed by atoms with Crippen molar-refractivity contribution in [1.82, 2.24) is 15.0 Å². The van der Waals surface area contributed by atoms with Gasteiger partial charge in [0.25, 0.3) is 10.0 Å². The first-order valence-corrected chi connectivity index (χ1v) is 11.5. The molecule has 0 spiro atoms. The van der Waals surface area contributed by atoms with E-state index in [1.807, 2.05) is 0 Å². The number of fused-ring (bicyclic) bond motifs is 1. The van der Waals surface area contributed by atoms with Crippen molar-refractivity contribution >= 4 is 44.2 Å². The molecule has 2 aromatic carbocycles. The lowest BCUT2D eigenvalue weighted by molar-refractivity contribution is 0.193. The SMILES string of the molecule is Nc1ncc2cc(-c3c(F)ccc(NS(=O)(=O)c4cc(Cl)cnc4OCCO)c3F)ccc2n1. The van der Waals surface area contributed by atoms with Crippen LogP contribution in [0.25, 0.3) is 22.0 Å². The van der Waals surface area contributed by atoms with E-state index >= 15 is 4.39 Å². The molecule has 176 valence electrons. The number of hydrogen-bond donors (Lipinski definition) is 3. The zero-order valence-electron chi connectivity index (χ0n) is 17.2. The summed E-state index contributed by atoms with van der Waals surface area (Å²) < 4.78 is 63.2. The van der Waals surface area contributed by atoms with Crippen LogP contribution in [0.5, 0.6) is 5.88 Å². The molecule has 9 nitrogen and oxygen atoms in total. The second-order valence-corrected chi connectivity index (χ2v) is 9.01. The first-order chi connectivity index (χ1) is 16.2. The fourth-order valence-electron chi connectivity index (χ4n) is 3.15. The smallest absolute Gasteiger partial charge is 0.267 e. The Hall–Kier alpha value is -3.61. The van der Waals surface area contributed by atoms with Crippen LogP contribution >= 0.6 is 11.6 Å². The van der Waals surface area contributed by atoms with E-state index in [0.717, 1.165) is 24.4 Å². The molecule has 2 aromatic heterocycles. The monoisotopic (exact) mass is 507 g/mol. The predicted octanol–water partition coefficient (Wildman–Crippen LogP) is 3.38. The Morgan fingerprint density at radius 2 is 1.91 bits per heavy atom. The van der Waals surface area contributed by atoms with E-state index in [4.69, 9.17) is 27.2 Å². The summed E-state index contributed by atoms with van der Waals surface area (Å²) in [7, 11) is -4.47. The number of nitrogens with two attached hydrogens (primary N) is 1. The van der Waals surface area contributed by atoms with Crippen LogP contribution in [0.1, 0.15) is 0 Å². The molecular weight excluding hydrogens is 492 g/mol. The first kappa shape index (κ1) is 23.5. The molecule has 0 radical (unpaired) electrons. The number of sulfonamides is 1. The van der Waals surface area contributed by atoms with Crippen molar-refractivity contribution in [2.75, 3.05) is 23.7 Å². The van der Waals surface area contributed by atoms with Crippen LogP contribution in [0, 0.1) is 11.6 Å². The highest BCUT2D eigenvalue weighted by Crippen LogP contribution is 2.34. The van der Waals surface area contributed by atoms with Crippen LogP contribution in [0.2, 0.25) is 5.02 Å². The minimum Gasteiger partial charge on any atom is -0.474 e. The third-order valence-electron chi connectivity index (χ3n) is 4.63. The minimum absolute atomic E-state index is 0.0176. The largest absolute Gasteiger partial charge is 0.474 e. The van der Waals surface area contributed by atoms with Crippen molar-refractivity contribution in [1.29, 1.82) is 0 Å². The summed E-state index contributed by atoms with van der Waals surface area (Å²) in [4.78, 5) is 11.2. The lowest BCUT2D eigenvalue weighted by atomic mass is 10.0. The molecular formula is C21H16ClF2N5O4S. The number of nitrogens with zero attached hydrogens (tertiary/aromatic N) is 3. The van der Waals surface area contributed by atoms with Gasteiger partial charge in [0.2, 0.25) is 11.8 Å². The summed E-state index contributed by atoms with van der Waals surface area (Å²) in [5.74, 6) is -2.35. The fourth-order valence-corrected chi connectivity index (χ4v) is 4.55. The number of anilines is 2. The third kappa shape index (κ3) is 4.69. The number of aliphatic hydroxyl groups is 1. The highest BCUT2D eigenvalue weighted by molar-refractivity contribution is 7.92. The lowest BCUT2D eigenvalue weighted by Crippen LogP contribution is -2.17. The van der Waals surface area contributed by atoms with Crippen LogP contribution < -0.4 is 15.2 Å². The van der Waals surface area contributed by atoms with Gasteiger partial charge in [0.05, 0.1) is 28.4 Å². The zero-order valence-corrected chi connectivity index (χ0v) is 18.7. The molecule has 0 atom stereocenters. The van der Waals surface area contributed by atoms with Gasteiger partial charge < -0.3 is 15.6 Å². The van der Waals surface area contributed by atoms with Gasteiger partial charge in [0.1, 0.15) is 12.4 Å². The third-order valence-corrected chi connectivity index (χ3v) is 6.19. The Labute approximate surface area is 197 Å².